The van der Waals surface area contributed by atoms with Gasteiger partial charge in [-0.25, -0.2) is 24.0 Å². The van der Waals surface area contributed by atoms with Gasteiger partial charge < -0.3 is 14.2 Å². The number of nitrogens with two attached hydrogens (primary N) is 1. The molecule has 0 amide bonds. The zero-order chi connectivity index (χ0) is 31.6. The Kier molecular flexibility index (Phi) is 7.94. The van der Waals surface area contributed by atoms with Crippen molar-refractivity contribution in [3.05, 3.63) is 41.0 Å². The molecular formula is C29H36F6N8O. The Bertz CT molecular complexity index is 1520. The molecule has 3 fully saturated rings. The minimum Gasteiger partial charge on any atom is -0.376 e. The van der Waals surface area contributed by atoms with E-state index < -0.39 is 48.3 Å². The maximum absolute atomic E-state index is 14.7. The number of rotatable bonds is 7. The second kappa shape index (κ2) is 11.3. The molecule has 3 aromatic rings. The van der Waals surface area contributed by atoms with Crippen molar-refractivity contribution in [1.29, 1.82) is 0 Å². The molecule has 4 atom stereocenters. The van der Waals surface area contributed by atoms with Crippen molar-refractivity contribution in [3.8, 4) is 0 Å². The summed E-state index contributed by atoms with van der Waals surface area (Å²) in [5.74, 6) is 2.45. The predicted molar refractivity (Wildman–Crippen MR) is 152 cm³/mol. The van der Waals surface area contributed by atoms with E-state index in [1.807, 2.05) is 30.2 Å². The lowest BCUT2D eigenvalue weighted by Crippen LogP contribution is -2.59. The van der Waals surface area contributed by atoms with Gasteiger partial charge in [-0.1, -0.05) is 6.07 Å². The largest absolute Gasteiger partial charge is 0.419 e. The van der Waals surface area contributed by atoms with Crippen molar-refractivity contribution in [2.24, 2.45) is 11.8 Å². The molecule has 1 saturated carbocycles. The highest BCUT2D eigenvalue weighted by molar-refractivity contribution is 5.85. The van der Waals surface area contributed by atoms with Crippen LogP contribution in [0.5, 0.6) is 0 Å². The van der Waals surface area contributed by atoms with Crippen molar-refractivity contribution in [1.82, 2.24) is 24.4 Å². The first kappa shape index (κ1) is 30.8. The summed E-state index contributed by atoms with van der Waals surface area (Å²) >= 11 is 0. The van der Waals surface area contributed by atoms with E-state index in [-0.39, 0.29) is 29.7 Å². The predicted octanol–water partition coefficient (Wildman–Crippen LogP) is 5.44. The van der Waals surface area contributed by atoms with E-state index in [4.69, 9.17) is 15.6 Å². The molecule has 9 nitrogen and oxygen atoms in total. The van der Waals surface area contributed by atoms with E-state index in [1.165, 1.54) is 6.07 Å². The van der Waals surface area contributed by atoms with Gasteiger partial charge in [0, 0.05) is 50.7 Å². The Morgan fingerprint density at radius 1 is 1.11 bits per heavy atom. The number of benzene rings is 1. The third kappa shape index (κ3) is 5.69. The summed E-state index contributed by atoms with van der Waals surface area (Å²) in [6.07, 6.45) is -3.71. The minimum atomic E-state index is -4.86. The van der Waals surface area contributed by atoms with E-state index in [9.17, 15) is 26.3 Å². The van der Waals surface area contributed by atoms with Crippen LogP contribution in [0.15, 0.2) is 18.2 Å². The lowest BCUT2D eigenvalue weighted by molar-refractivity contribution is -0.140. The van der Waals surface area contributed by atoms with Crippen LogP contribution in [0.25, 0.3) is 11.2 Å². The van der Waals surface area contributed by atoms with Crippen LogP contribution in [0, 0.1) is 18.7 Å². The Hall–Kier alpha value is -3.17. The zero-order valence-corrected chi connectivity index (χ0v) is 24.7. The lowest BCUT2D eigenvalue weighted by Gasteiger charge is -2.52. The van der Waals surface area contributed by atoms with Gasteiger partial charge in [-0.2, -0.15) is 23.1 Å². The van der Waals surface area contributed by atoms with Gasteiger partial charge in [0.15, 0.2) is 17.0 Å². The number of hydrazine groups is 1. The van der Waals surface area contributed by atoms with E-state index in [0.717, 1.165) is 24.7 Å². The van der Waals surface area contributed by atoms with Gasteiger partial charge in [-0.3, -0.25) is 10.3 Å². The fraction of sp³-hybridized carbons (Fsp3) is 0.621. The molecule has 1 aliphatic carbocycles. The number of nitrogens with one attached hydrogen (secondary N) is 1. The monoisotopic (exact) mass is 626 g/mol. The molecule has 1 unspecified atom stereocenters. The zero-order valence-electron chi connectivity index (χ0n) is 24.7. The molecule has 3 N–H and O–H groups in total. The summed E-state index contributed by atoms with van der Waals surface area (Å²) in [6.45, 7) is 7.83. The van der Waals surface area contributed by atoms with Crippen molar-refractivity contribution < 1.29 is 31.1 Å². The quantitative estimate of drug-likeness (QED) is 0.203. The fourth-order valence-corrected chi connectivity index (χ4v) is 7.02. The number of fused-ring (bicyclic) bond motifs is 1. The third-order valence-electron chi connectivity index (χ3n) is 9.18. The number of imidazole rings is 1. The molecule has 44 heavy (non-hydrogen) atoms. The van der Waals surface area contributed by atoms with Crippen LogP contribution in [-0.4, -0.2) is 68.2 Å². The minimum absolute atomic E-state index is 0.0483. The first-order valence-corrected chi connectivity index (χ1v) is 14.9. The summed E-state index contributed by atoms with van der Waals surface area (Å²) in [4.78, 5) is 18.1. The van der Waals surface area contributed by atoms with Gasteiger partial charge >= 0.3 is 6.18 Å². The number of aryl methyl sites for hydroxylation is 1. The molecule has 4 heterocycles. The molecule has 3 aliphatic rings. The Labute approximate surface area is 250 Å². The SMILES string of the molecule is Cc1nc2c(N3C[C@@H](C)N(C(c4ccc(C(F)(F)F)c(F)c4)C4CC(F)(F)C4)C[C@@H]3C)nc(NN)nc2n1C[C@@H]1CCCO1. The van der Waals surface area contributed by atoms with Crippen molar-refractivity contribution in [2.75, 3.05) is 30.0 Å². The highest BCUT2D eigenvalue weighted by Crippen LogP contribution is 2.51. The number of nitrogen functional groups attached to an aromatic ring is 1. The van der Waals surface area contributed by atoms with E-state index in [1.54, 1.807) is 0 Å². The maximum atomic E-state index is 14.7. The van der Waals surface area contributed by atoms with Crippen LogP contribution >= 0.6 is 0 Å². The Balaban J connectivity index is 1.32. The number of halogens is 6. The standard InChI is InChI=1S/C29H36F6N8O/c1-15-13-42(25-23-26(39-27(38-25)40-36)43(17(3)37-23)14-20-5-4-8-44-20)16(2)12-41(15)24(19-10-28(31,32)11-19)18-6-7-21(22(30)9-18)29(33,34)35/h6-7,9,15-16,19-20,24H,4-5,8,10-14,36H2,1-3H3,(H,38,39,40)/t15-,16+,20+,24?/m1/s1. The topological polar surface area (TPSA) is 97.4 Å². The highest BCUT2D eigenvalue weighted by Gasteiger charge is 2.52. The third-order valence-corrected chi connectivity index (χ3v) is 9.18. The van der Waals surface area contributed by atoms with Gasteiger partial charge in [-0.15, -0.1) is 0 Å². The Morgan fingerprint density at radius 2 is 1.86 bits per heavy atom. The summed E-state index contributed by atoms with van der Waals surface area (Å²) in [6, 6.07) is 1.60. The molecule has 2 aromatic heterocycles. The number of ether oxygens (including phenoxy) is 1. The lowest BCUT2D eigenvalue weighted by atomic mass is 9.73. The average Bonchev–Trinajstić information content (AvgIpc) is 3.56. The molecule has 2 saturated heterocycles. The van der Waals surface area contributed by atoms with Gasteiger partial charge in [0.25, 0.3) is 0 Å². The number of aromatic nitrogens is 4. The number of hydrogen-bond acceptors (Lipinski definition) is 8. The molecule has 6 rings (SSSR count). The molecule has 2 aliphatic heterocycles. The first-order valence-electron chi connectivity index (χ1n) is 14.9. The number of anilines is 2. The summed E-state index contributed by atoms with van der Waals surface area (Å²) in [5.41, 5.74) is 2.61. The van der Waals surface area contributed by atoms with Crippen LogP contribution in [0.3, 0.4) is 0 Å². The second-order valence-corrected chi connectivity index (χ2v) is 12.3. The maximum Gasteiger partial charge on any atom is 0.419 e. The Morgan fingerprint density at radius 3 is 2.48 bits per heavy atom. The van der Waals surface area contributed by atoms with Crippen molar-refractivity contribution >= 4 is 22.9 Å². The molecule has 1 aromatic carbocycles. The van der Waals surface area contributed by atoms with Crippen molar-refractivity contribution in [3.63, 3.8) is 0 Å². The van der Waals surface area contributed by atoms with Crippen LogP contribution in [-0.2, 0) is 17.5 Å². The molecule has 0 spiro atoms. The summed E-state index contributed by atoms with van der Waals surface area (Å²) < 4.78 is 90.6. The molecule has 0 bridgehead atoms. The van der Waals surface area contributed by atoms with Crippen LogP contribution < -0.4 is 16.2 Å². The van der Waals surface area contributed by atoms with Gasteiger partial charge in [0.05, 0.1) is 18.2 Å². The van der Waals surface area contributed by atoms with Crippen LogP contribution in [0.2, 0.25) is 0 Å². The average molecular weight is 627 g/mol. The molecule has 240 valence electrons. The van der Waals surface area contributed by atoms with Gasteiger partial charge in [0.2, 0.25) is 11.9 Å². The molecule has 0 radical (unpaired) electrons. The number of nitrogens with zero attached hydrogens (tertiary/aromatic N) is 6. The van der Waals surface area contributed by atoms with Gasteiger partial charge in [0.1, 0.15) is 11.6 Å². The van der Waals surface area contributed by atoms with E-state index in [2.05, 4.69) is 20.3 Å². The highest BCUT2D eigenvalue weighted by atomic mass is 19.4. The van der Waals surface area contributed by atoms with E-state index in [0.29, 0.717) is 49.3 Å². The first-order chi connectivity index (χ1) is 20.8. The van der Waals surface area contributed by atoms with Crippen LogP contribution in [0.4, 0.5) is 38.1 Å². The summed E-state index contributed by atoms with van der Waals surface area (Å²) in [5, 5.41) is 0. The van der Waals surface area contributed by atoms with Gasteiger partial charge in [-0.05, 0) is 57.2 Å². The fourth-order valence-electron chi connectivity index (χ4n) is 7.02. The second-order valence-electron chi connectivity index (χ2n) is 12.3. The normalized spacial score (nSPS) is 25.4. The summed E-state index contributed by atoms with van der Waals surface area (Å²) in [7, 11) is 0. The molecule has 15 heteroatoms. The smallest absolute Gasteiger partial charge is 0.376 e. The van der Waals surface area contributed by atoms with Crippen LogP contribution in [0.1, 0.15) is 62.5 Å². The van der Waals surface area contributed by atoms with Crippen molar-refractivity contribution in [2.45, 2.75) is 89.3 Å². The number of alkyl halides is 5. The van der Waals surface area contributed by atoms with E-state index >= 15 is 0 Å². The number of hydrogen-bond donors (Lipinski definition) is 2. The molecular weight excluding hydrogens is 590 g/mol. The number of piperazine rings is 1.